The predicted octanol–water partition coefficient (Wildman–Crippen LogP) is 2.50. The molecule has 3 rings (SSSR count). The van der Waals surface area contributed by atoms with E-state index in [4.69, 9.17) is 9.47 Å². The normalized spacial score (nSPS) is 16.2. The highest BCUT2D eigenvalue weighted by atomic mass is 16.5. The van der Waals surface area contributed by atoms with Gasteiger partial charge in [0.1, 0.15) is 5.75 Å². The van der Waals surface area contributed by atoms with Crippen molar-refractivity contribution in [2.24, 2.45) is 5.92 Å². The first-order valence-corrected chi connectivity index (χ1v) is 8.71. The van der Waals surface area contributed by atoms with Gasteiger partial charge in [0.25, 0.3) is 5.91 Å². The SMILES string of the molecule is COc1cc(C(=O)N2CCC(Cc3cc(C(=O)O)ccc3OC)C2)ccn1. The van der Waals surface area contributed by atoms with Crippen molar-refractivity contribution in [2.45, 2.75) is 12.8 Å². The van der Waals surface area contributed by atoms with Crippen molar-refractivity contribution in [1.29, 1.82) is 0 Å². The van der Waals surface area contributed by atoms with Crippen LogP contribution in [0, 0.1) is 5.92 Å². The number of carbonyl (C=O) groups is 2. The van der Waals surface area contributed by atoms with Crippen LogP contribution in [0.4, 0.5) is 0 Å². The lowest BCUT2D eigenvalue weighted by atomic mass is 9.96. The zero-order valence-corrected chi connectivity index (χ0v) is 15.3. The third-order valence-electron chi connectivity index (χ3n) is 4.80. The van der Waals surface area contributed by atoms with E-state index in [0.29, 0.717) is 36.7 Å². The molecule has 0 radical (unpaired) electrons. The van der Waals surface area contributed by atoms with Gasteiger partial charge in [0.15, 0.2) is 0 Å². The summed E-state index contributed by atoms with van der Waals surface area (Å²) in [6.07, 6.45) is 3.07. The van der Waals surface area contributed by atoms with Crippen LogP contribution >= 0.6 is 0 Å². The summed E-state index contributed by atoms with van der Waals surface area (Å²) in [6, 6.07) is 8.18. The number of carbonyl (C=O) groups excluding carboxylic acids is 1. The Labute approximate surface area is 157 Å². The molecule has 1 N–H and O–H groups in total. The number of benzene rings is 1. The lowest BCUT2D eigenvalue weighted by Gasteiger charge is -2.17. The minimum absolute atomic E-state index is 0.0514. The van der Waals surface area contributed by atoms with E-state index in [1.807, 2.05) is 4.90 Å². The zero-order valence-electron chi connectivity index (χ0n) is 15.3. The van der Waals surface area contributed by atoms with E-state index in [-0.39, 0.29) is 17.4 Å². The maximum Gasteiger partial charge on any atom is 0.335 e. The third kappa shape index (κ3) is 4.19. The molecule has 2 heterocycles. The van der Waals surface area contributed by atoms with Crippen molar-refractivity contribution < 1.29 is 24.2 Å². The average Bonchev–Trinajstić information content (AvgIpc) is 3.15. The highest BCUT2D eigenvalue weighted by Crippen LogP contribution is 2.28. The summed E-state index contributed by atoms with van der Waals surface area (Å²) in [4.78, 5) is 29.8. The van der Waals surface area contributed by atoms with Crippen LogP contribution < -0.4 is 9.47 Å². The highest BCUT2D eigenvalue weighted by molar-refractivity contribution is 5.94. The number of hydrogen-bond donors (Lipinski definition) is 1. The number of hydrogen-bond acceptors (Lipinski definition) is 5. The van der Waals surface area contributed by atoms with E-state index in [9.17, 15) is 14.7 Å². The molecule has 7 heteroatoms. The molecule has 1 aliphatic rings. The first-order valence-electron chi connectivity index (χ1n) is 8.71. The second-order valence-corrected chi connectivity index (χ2v) is 6.53. The molecule has 1 fully saturated rings. The molecular formula is C20H22N2O5. The number of carboxylic acids is 1. The maximum atomic E-state index is 12.7. The maximum absolute atomic E-state index is 12.7. The fourth-order valence-corrected chi connectivity index (χ4v) is 3.40. The summed E-state index contributed by atoms with van der Waals surface area (Å²) in [5, 5.41) is 9.21. The molecule has 1 atom stereocenters. The van der Waals surface area contributed by atoms with Gasteiger partial charge < -0.3 is 19.5 Å². The van der Waals surface area contributed by atoms with Crippen LogP contribution in [0.25, 0.3) is 0 Å². The average molecular weight is 370 g/mol. The van der Waals surface area contributed by atoms with Crippen molar-refractivity contribution in [3.05, 3.63) is 53.2 Å². The smallest absolute Gasteiger partial charge is 0.335 e. The second kappa shape index (κ2) is 8.07. The molecule has 1 aromatic carbocycles. The number of aromatic nitrogens is 1. The van der Waals surface area contributed by atoms with E-state index >= 15 is 0 Å². The summed E-state index contributed by atoms with van der Waals surface area (Å²) in [7, 11) is 3.09. The molecule has 27 heavy (non-hydrogen) atoms. The Bertz CT molecular complexity index is 852. The van der Waals surface area contributed by atoms with Crippen LogP contribution in [-0.2, 0) is 6.42 Å². The molecule has 0 bridgehead atoms. The monoisotopic (exact) mass is 370 g/mol. The van der Waals surface area contributed by atoms with Crippen LogP contribution in [0.5, 0.6) is 11.6 Å². The van der Waals surface area contributed by atoms with Crippen LogP contribution in [0.15, 0.2) is 36.5 Å². The largest absolute Gasteiger partial charge is 0.496 e. The van der Waals surface area contributed by atoms with Crippen molar-refractivity contribution in [2.75, 3.05) is 27.3 Å². The van der Waals surface area contributed by atoms with Crippen LogP contribution in [0.2, 0.25) is 0 Å². The second-order valence-electron chi connectivity index (χ2n) is 6.53. The molecule has 1 amide bonds. The Balaban J connectivity index is 1.70. The van der Waals surface area contributed by atoms with Crippen molar-refractivity contribution in [1.82, 2.24) is 9.88 Å². The van der Waals surface area contributed by atoms with Crippen LogP contribution in [-0.4, -0.2) is 54.2 Å². The molecule has 7 nitrogen and oxygen atoms in total. The van der Waals surface area contributed by atoms with Crippen molar-refractivity contribution in [3.8, 4) is 11.6 Å². The number of amides is 1. The first kappa shape index (κ1) is 18.7. The number of aromatic carboxylic acids is 1. The van der Waals surface area contributed by atoms with Gasteiger partial charge in [-0.05, 0) is 48.6 Å². The van der Waals surface area contributed by atoms with Gasteiger partial charge in [-0.1, -0.05) is 0 Å². The number of rotatable bonds is 6. The van der Waals surface area contributed by atoms with Gasteiger partial charge in [-0.15, -0.1) is 0 Å². The lowest BCUT2D eigenvalue weighted by molar-refractivity contribution is 0.0696. The lowest BCUT2D eigenvalue weighted by Crippen LogP contribution is -2.29. The molecule has 2 aromatic rings. The number of pyridine rings is 1. The summed E-state index contributed by atoms with van der Waals surface area (Å²) >= 11 is 0. The number of carboxylic acid groups (broad SMARTS) is 1. The van der Waals surface area contributed by atoms with Gasteiger partial charge in [-0.2, -0.15) is 0 Å². The van der Waals surface area contributed by atoms with E-state index in [0.717, 1.165) is 12.0 Å². The summed E-state index contributed by atoms with van der Waals surface area (Å²) < 4.78 is 10.4. The third-order valence-corrected chi connectivity index (χ3v) is 4.80. The van der Waals surface area contributed by atoms with Crippen LogP contribution in [0.1, 0.15) is 32.7 Å². The van der Waals surface area contributed by atoms with E-state index in [1.165, 1.54) is 13.2 Å². The van der Waals surface area contributed by atoms with Gasteiger partial charge in [0.2, 0.25) is 5.88 Å². The topological polar surface area (TPSA) is 89.0 Å². The fourth-order valence-electron chi connectivity index (χ4n) is 3.40. The number of methoxy groups -OCH3 is 2. The Morgan fingerprint density at radius 3 is 2.70 bits per heavy atom. The summed E-state index contributed by atoms with van der Waals surface area (Å²) in [6.45, 7) is 1.28. The van der Waals surface area contributed by atoms with Gasteiger partial charge >= 0.3 is 5.97 Å². The zero-order chi connectivity index (χ0) is 19.4. The Kier molecular flexibility index (Phi) is 5.59. The standard InChI is InChI=1S/C20H22N2O5/c1-26-17-4-3-15(20(24)25)10-16(17)9-13-6-8-22(12-13)19(23)14-5-7-21-18(11-14)27-2/h3-5,7,10-11,13H,6,8-9,12H2,1-2H3,(H,24,25). The molecule has 0 saturated carbocycles. The van der Waals surface area contributed by atoms with Crippen molar-refractivity contribution >= 4 is 11.9 Å². The summed E-state index contributed by atoms with van der Waals surface area (Å²) in [5.74, 6) is 0.310. The number of nitrogens with zero attached hydrogens (tertiary/aromatic N) is 2. The minimum Gasteiger partial charge on any atom is -0.496 e. The molecular weight excluding hydrogens is 348 g/mol. The molecule has 1 aliphatic heterocycles. The first-order chi connectivity index (χ1) is 13.0. The van der Waals surface area contributed by atoms with Gasteiger partial charge in [0.05, 0.1) is 19.8 Å². The number of likely N-dealkylation sites (tertiary alicyclic amines) is 1. The van der Waals surface area contributed by atoms with E-state index in [2.05, 4.69) is 4.98 Å². The van der Waals surface area contributed by atoms with E-state index in [1.54, 1.807) is 37.6 Å². The molecule has 1 saturated heterocycles. The molecule has 142 valence electrons. The summed E-state index contributed by atoms with van der Waals surface area (Å²) in [5.41, 5.74) is 1.64. The highest BCUT2D eigenvalue weighted by Gasteiger charge is 2.28. The Hall–Kier alpha value is -3.09. The van der Waals surface area contributed by atoms with Gasteiger partial charge in [-0.25, -0.2) is 9.78 Å². The van der Waals surface area contributed by atoms with E-state index < -0.39 is 5.97 Å². The minimum atomic E-state index is -0.964. The molecule has 0 aliphatic carbocycles. The molecule has 1 unspecified atom stereocenters. The van der Waals surface area contributed by atoms with Crippen LogP contribution in [0.3, 0.4) is 0 Å². The van der Waals surface area contributed by atoms with Gasteiger partial charge in [-0.3, -0.25) is 4.79 Å². The molecule has 1 aromatic heterocycles. The quantitative estimate of drug-likeness (QED) is 0.840. The Morgan fingerprint density at radius 2 is 2.00 bits per heavy atom. The Morgan fingerprint density at radius 1 is 1.19 bits per heavy atom. The van der Waals surface area contributed by atoms with Crippen molar-refractivity contribution in [3.63, 3.8) is 0 Å². The fraction of sp³-hybridized carbons (Fsp3) is 0.350. The number of ether oxygens (including phenoxy) is 2. The molecule has 0 spiro atoms. The predicted molar refractivity (Wildman–Crippen MR) is 98.5 cm³/mol. The van der Waals surface area contributed by atoms with Gasteiger partial charge in [0, 0.05) is 30.9 Å².